The van der Waals surface area contributed by atoms with Crippen molar-refractivity contribution in [2.24, 2.45) is 5.29 Å². The molecule has 0 aliphatic heterocycles. The van der Waals surface area contributed by atoms with Crippen molar-refractivity contribution in [1.29, 1.82) is 0 Å². The number of thiazole rings is 1. The highest BCUT2D eigenvalue weighted by atomic mass is 32.1. The molecule has 7 heteroatoms. The van der Waals surface area contributed by atoms with Crippen LogP contribution in [0.4, 0.5) is 10.1 Å². The molecule has 1 aromatic heterocycles. The molecule has 0 spiro atoms. The fraction of sp³-hybridized carbons (Fsp3) is 0.0714. The van der Waals surface area contributed by atoms with Gasteiger partial charge in [-0.3, -0.25) is 0 Å². The highest BCUT2D eigenvalue weighted by Crippen LogP contribution is 2.33. The number of halogens is 1. The zero-order valence-electron chi connectivity index (χ0n) is 10.9. The highest BCUT2D eigenvalue weighted by molar-refractivity contribution is 7.21. The molecule has 106 valence electrons. The van der Waals surface area contributed by atoms with Crippen LogP contribution in [0.1, 0.15) is 0 Å². The summed E-state index contributed by atoms with van der Waals surface area (Å²) in [4.78, 5) is 14.8. The molecule has 0 saturated heterocycles. The number of phenolic OH excluding ortho intramolecular Hbond substituents is 1. The molecule has 0 atom stereocenters. The van der Waals surface area contributed by atoms with E-state index in [1.807, 2.05) is 0 Å². The Kier molecular flexibility index (Phi) is 3.26. The van der Waals surface area contributed by atoms with Crippen LogP contribution in [0, 0.1) is 10.7 Å². The molecule has 5 nitrogen and oxygen atoms in total. The molecule has 21 heavy (non-hydrogen) atoms. The van der Waals surface area contributed by atoms with E-state index in [9.17, 15) is 14.4 Å². The van der Waals surface area contributed by atoms with E-state index in [0.29, 0.717) is 10.6 Å². The number of rotatable bonds is 3. The fourth-order valence-corrected chi connectivity index (χ4v) is 2.98. The van der Waals surface area contributed by atoms with E-state index < -0.39 is 5.82 Å². The lowest BCUT2D eigenvalue weighted by Gasteiger charge is -2.10. The van der Waals surface area contributed by atoms with Gasteiger partial charge in [-0.2, -0.15) is 0 Å². The number of anilines is 1. The van der Waals surface area contributed by atoms with E-state index in [1.165, 1.54) is 30.5 Å². The Balaban J connectivity index is 2.06. The van der Waals surface area contributed by atoms with Gasteiger partial charge in [-0.1, -0.05) is 0 Å². The molecule has 0 unspecified atom stereocenters. The summed E-state index contributed by atoms with van der Waals surface area (Å²) in [6.07, 6.45) is 0. The molecule has 2 aromatic carbocycles. The molecule has 0 bridgehead atoms. The van der Waals surface area contributed by atoms with Crippen LogP contribution in [0.15, 0.2) is 41.7 Å². The Morgan fingerprint density at radius 2 is 2.10 bits per heavy atom. The van der Waals surface area contributed by atoms with E-state index in [2.05, 4.69) is 10.3 Å². The molecule has 0 radical (unpaired) electrons. The van der Waals surface area contributed by atoms with Crippen LogP contribution < -0.4 is 5.01 Å². The summed E-state index contributed by atoms with van der Waals surface area (Å²) in [7, 11) is 1.38. The minimum absolute atomic E-state index is 0.104. The van der Waals surface area contributed by atoms with Crippen LogP contribution in [0.5, 0.6) is 5.75 Å². The molecule has 0 saturated carbocycles. The molecular weight excluding hydrogens is 292 g/mol. The first-order valence-corrected chi connectivity index (χ1v) is 6.86. The predicted molar refractivity (Wildman–Crippen MR) is 80.9 cm³/mol. The topological polar surface area (TPSA) is 65.8 Å². The Morgan fingerprint density at radius 3 is 2.81 bits per heavy atom. The molecular formula is C14H10FN3O2S. The van der Waals surface area contributed by atoms with Gasteiger partial charge in [0.05, 0.1) is 21.2 Å². The van der Waals surface area contributed by atoms with Crippen molar-refractivity contribution in [2.45, 2.75) is 0 Å². The number of aromatic nitrogens is 1. The average molecular weight is 302 g/mol. The Hall–Kier alpha value is -2.54. The van der Waals surface area contributed by atoms with Gasteiger partial charge < -0.3 is 5.11 Å². The summed E-state index contributed by atoms with van der Waals surface area (Å²) in [5, 5.41) is 13.7. The van der Waals surface area contributed by atoms with Crippen LogP contribution in [-0.4, -0.2) is 17.1 Å². The second-order valence-corrected chi connectivity index (χ2v) is 5.47. The number of hydrogen-bond acceptors (Lipinski definition) is 5. The smallest absolute Gasteiger partial charge is 0.149 e. The number of nitrogens with zero attached hydrogens (tertiary/aromatic N) is 3. The number of nitroso groups, excluding NO2 is 1. The van der Waals surface area contributed by atoms with Crippen molar-refractivity contribution in [2.75, 3.05) is 12.1 Å². The quantitative estimate of drug-likeness (QED) is 0.588. The third kappa shape index (κ3) is 2.43. The lowest BCUT2D eigenvalue weighted by molar-refractivity contribution is 0.476. The van der Waals surface area contributed by atoms with Gasteiger partial charge in [0.15, 0.2) is 0 Å². The van der Waals surface area contributed by atoms with E-state index in [-0.39, 0.29) is 11.4 Å². The second kappa shape index (κ2) is 5.10. The van der Waals surface area contributed by atoms with Crippen molar-refractivity contribution in [3.05, 3.63) is 47.1 Å². The maximum absolute atomic E-state index is 14.0. The second-order valence-electron chi connectivity index (χ2n) is 4.44. The summed E-state index contributed by atoms with van der Waals surface area (Å²) in [6.45, 7) is 0. The lowest BCUT2D eigenvalue weighted by Crippen LogP contribution is -2.08. The lowest BCUT2D eigenvalue weighted by atomic mass is 10.2. The Bertz CT molecular complexity index is 834. The van der Waals surface area contributed by atoms with E-state index in [1.54, 1.807) is 24.3 Å². The molecule has 0 aliphatic rings. The molecule has 0 fully saturated rings. The van der Waals surface area contributed by atoms with Crippen molar-refractivity contribution < 1.29 is 9.50 Å². The van der Waals surface area contributed by atoms with Gasteiger partial charge in [-0.15, -0.1) is 16.2 Å². The van der Waals surface area contributed by atoms with Gasteiger partial charge in [0, 0.05) is 12.6 Å². The average Bonchev–Trinajstić information content (AvgIpc) is 2.89. The molecule has 1 N–H and O–H groups in total. The Morgan fingerprint density at radius 1 is 1.29 bits per heavy atom. The van der Waals surface area contributed by atoms with Crippen molar-refractivity contribution >= 4 is 27.2 Å². The van der Waals surface area contributed by atoms with Gasteiger partial charge in [0.25, 0.3) is 0 Å². The van der Waals surface area contributed by atoms with Crippen LogP contribution in [-0.2, 0) is 0 Å². The molecule has 0 amide bonds. The van der Waals surface area contributed by atoms with Crippen LogP contribution in [0.2, 0.25) is 0 Å². The monoisotopic (exact) mass is 302 g/mol. The van der Waals surface area contributed by atoms with Gasteiger partial charge >= 0.3 is 0 Å². The first-order valence-electron chi connectivity index (χ1n) is 6.05. The molecule has 1 heterocycles. The SMILES string of the molecule is CN(N=O)c1ccc(-c2nc3ccc(O)cc3s2)cc1[18F]. The minimum atomic E-state index is -0.545. The van der Waals surface area contributed by atoms with Crippen LogP contribution in [0.3, 0.4) is 0 Å². The largest absolute Gasteiger partial charge is 0.508 e. The highest BCUT2D eigenvalue weighted by Gasteiger charge is 2.12. The maximum Gasteiger partial charge on any atom is 0.149 e. The minimum Gasteiger partial charge on any atom is -0.508 e. The summed E-state index contributed by atoms with van der Waals surface area (Å²) in [5.74, 6) is -0.380. The molecule has 0 aliphatic carbocycles. The summed E-state index contributed by atoms with van der Waals surface area (Å²) >= 11 is 1.36. The predicted octanol–water partition coefficient (Wildman–Crippen LogP) is 3.93. The summed E-state index contributed by atoms with van der Waals surface area (Å²) < 4.78 is 14.8. The van der Waals surface area contributed by atoms with E-state index in [4.69, 9.17) is 0 Å². The zero-order valence-corrected chi connectivity index (χ0v) is 11.8. The van der Waals surface area contributed by atoms with Gasteiger partial charge in [-0.05, 0) is 36.4 Å². The first-order chi connectivity index (χ1) is 10.1. The Labute approximate surface area is 123 Å². The van der Waals surface area contributed by atoms with Crippen molar-refractivity contribution in [1.82, 2.24) is 4.98 Å². The first kappa shape index (κ1) is 13.4. The number of hydrogen-bond donors (Lipinski definition) is 1. The van der Waals surface area contributed by atoms with E-state index in [0.717, 1.165) is 15.2 Å². The zero-order chi connectivity index (χ0) is 15.0. The van der Waals surface area contributed by atoms with Gasteiger partial charge in [0.1, 0.15) is 16.6 Å². The van der Waals surface area contributed by atoms with Crippen molar-refractivity contribution in [3.8, 4) is 16.3 Å². The molecule has 3 rings (SSSR count). The number of fused-ring (bicyclic) bond motifs is 1. The third-order valence-electron chi connectivity index (χ3n) is 3.04. The normalized spacial score (nSPS) is 10.8. The van der Waals surface area contributed by atoms with E-state index >= 15 is 0 Å². The van der Waals surface area contributed by atoms with Gasteiger partial charge in [-0.25, -0.2) is 14.4 Å². The fourth-order valence-electron chi connectivity index (χ4n) is 1.98. The van der Waals surface area contributed by atoms with Gasteiger partial charge in [0.2, 0.25) is 0 Å². The number of aromatic hydroxyl groups is 1. The molecule has 3 aromatic rings. The van der Waals surface area contributed by atoms with Crippen LogP contribution in [0.25, 0.3) is 20.8 Å². The van der Waals surface area contributed by atoms with Crippen LogP contribution >= 0.6 is 11.3 Å². The maximum atomic E-state index is 14.0. The summed E-state index contributed by atoms with van der Waals surface area (Å²) in [5.41, 5.74) is 1.45. The third-order valence-corrected chi connectivity index (χ3v) is 4.11. The van der Waals surface area contributed by atoms with Crippen molar-refractivity contribution in [3.63, 3.8) is 0 Å². The number of benzene rings is 2. The number of phenols is 1. The standard InChI is InChI=1S/C14H10FN3O2S/c1-18(17-20)12-5-2-8(6-10(12)15)14-16-11-4-3-9(19)7-13(11)21-14/h2-7,19H,1H3/i15-1. The summed E-state index contributed by atoms with van der Waals surface area (Å²) in [6, 6.07) is 9.35.